The first-order valence-electron chi connectivity index (χ1n) is 5.43. The Kier molecular flexibility index (Phi) is 2.81. The van der Waals surface area contributed by atoms with Crippen molar-refractivity contribution in [1.29, 1.82) is 0 Å². The second kappa shape index (κ2) is 4.61. The van der Waals surface area contributed by atoms with E-state index in [-0.39, 0.29) is 5.91 Å². The second-order valence-electron chi connectivity index (χ2n) is 3.69. The topological polar surface area (TPSA) is 76.1 Å². The first-order chi connectivity index (χ1) is 8.84. The molecule has 92 valence electrons. The van der Waals surface area contributed by atoms with Gasteiger partial charge in [0.2, 0.25) is 0 Å². The van der Waals surface area contributed by atoms with Gasteiger partial charge in [-0.3, -0.25) is 4.79 Å². The van der Waals surface area contributed by atoms with Gasteiger partial charge in [0.15, 0.2) is 5.75 Å². The predicted molar refractivity (Wildman–Crippen MR) is 68.3 cm³/mol. The zero-order valence-corrected chi connectivity index (χ0v) is 10.2. The van der Waals surface area contributed by atoms with Gasteiger partial charge in [-0.1, -0.05) is 10.6 Å². The summed E-state index contributed by atoms with van der Waals surface area (Å²) in [6.07, 6.45) is 1.51. The summed E-state index contributed by atoms with van der Waals surface area (Å²) in [4.78, 5) is 12.1. The van der Waals surface area contributed by atoms with Gasteiger partial charge >= 0.3 is 0 Å². The molecule has 1 aliphatic rings. The molecule has 1 amide bonds. The number of nitrogens with zero attached hydrogens (tertiary/aromatic N) is 2. The van der Waals surface area contributed by atoms with E-state index in [1.54, 1.807) is 6.07 Å². The molecule has 2 heterocycles. The maximum absolute atomic E-state index is 12.1. The molecule has 2 aromatic rings. The Labute approximate surface area is 107 Å². The molecular weight excluding hydrogens is 252 g/mol. The summed E-state index contributed by atoms with van der Waals surface area (Å²) in [6, 6.07) is 5.44. The van der Waals surface area contributed by atoms with Crippen LogP contribution in [0.3, 0.4) is 0 Å². The summed E-state index contributed by atoms with van der Waals surface area (Å²) in [5.41, 5.74) is 1.35. The summed E-state index contributed by atoms with van der Waals surface area (Å²) in [6.45, 7) is 1.30. The number of rotatable bonds is 2. The van der Waals surface area contributed by atoms with Gasteiger partial charge in [-0.2, -0.15) is 0 Å². The SMILES string of the molecule is O=C(Nc1cnns1)c1cccc2c1OCCN2. The quantitative estimate of drug-likeness (QED) is 0.859. The monoisotopic (exact) mass is 262 g/mol. The zero-order chi connectivity index (χ0) is 12.4. The average molecular weight is 262 g/mol. The number of fused-ring (bicyclic) bond motifs is 1. The van der Waals surface area contributed by atoms with Crippen molar-refractivity contribution in [1.82, 2.24) is 9.59 Å². The summed E-state index contributed by atoms with van der Waals surface area (Å²) in [5, 5.41) is 10.2. The smallest absolute Gasteiger partial charge is 0.260 e. The Bertz CT molecular complexity index is 570. The van der Waals surface area contributed by atoms with E-state index in [2.05, 4.69) is 20.2 Å². The molecule has 7 heteroatoms. The number of ether oxygens (including phenoxy) is 1. The van der Waals surface area contributed by atoms with E-state index < -0.39 is 0 Å². The van der Waals surface area contributed by atoms with Gasteiger partial charge < -0.3 is 15.4 Å². The van der Waals surface area contributed by atoms with E-state index in [0.717, 1.165) is 23.8 Å². The second-order valence-corrected chi connectivity index (χ2v) is 4.48. The van der Waals surface area contributed by atoms with Crippen molar-refractivity contribution in [2.24, 2.45) is 0 Å². The van der Waals surface area contributed by atoms with E-state index >= 15 is 0 Å². The fraction of sp³-hybridized carbons (Fsp3) is 0.182. The zero-order valence-electron chi connectivity index (χ0n) is 9.34. The highest BCUT2D eigenvalue weighted by Crippen LogP contribution is 2.31. The number of benzene rings is 1. The molecule has 0 atom stereocenters. The van der Waals surface area contributed by atoms with Crippen LogP contribution in [-0.4, -0.2) is 28.6 Å². The fourth-order valence-corrected chi connectivity index (χ4v) is 2.17. The molecule has 0 spiro atoms. The van der Waals surface area contributed by atoms with Crippen LogP contribution in [0.15, 0.2) is 24.4 Å². The molecule has 1 aromatic carbocycles. The van der Waals surface area contributed by atoms with E-state index in [1.165, 1.54) is 6.20 Å². The van der Waals surface area contributed by atoms with Crippen LogP contribution in [-0.2, 0) is 0 Å². The normalized spacial score (nSPS) is 13.1. The Hall–Kier alpha value is -2.15. The van der Waals surface area contributed by atoms with Crippen LogP contribution in [0.4, 0.5) is 10.7 Å². The van der Waals surface area contributed by atoms with E-state index in [9.17, 15) is 4.79 Å². The Morgan fingerprint density at radius 3 is 3.28 bits per heavy atom. The molecule has 0 bridgehead atoms. The van der Waals surface area contributed by atoms with Crippen LogP contribution in [0, 0.1) is 0 Å². The number of amides is 1. The number of hydrogen-bond donors (Lipinski definition) is 2. The van der Waals surface area contributed by atoms with Gasteiger partial charge in [0.05, 0.1) is 17.4 Å². The van der Waals surface area contributed by atoms with Crippen molar-refractivity contribution < 1.29 is 9.53 Å². The molecular formula is C11H10N4O2S. The van der Waals surface area contributed by atoms with Crippen molar-refractivity contribution in [3.8, 4) is 5.75 Å². The van der Waals surface area contributed by atoms with Gasteiger partial charge in [0.25, 0.3) is 5.91 Å². The van der Waals surface area contributed by atoms with Crippen LogP contribution in [0.2, 0.25) is 0 Å². The van der Waals surface area contributed by atoms with Crippen molar-refractivity contribution in [3.05, 3.63) is 30.0 Å². The molecule has 0 radical (unpaired) electrons. The molecule has 0 aliphatic carbocycles. The molecule has 0 saturated heterocycles. The third-order valence-corrected chi connectivity index (χ3v) is 3.10. The first-order valence-corrected chi connectivity index (χ1v) is 6.20. The highest BCUT2D eigenvalue weighted by Gasteiger charge is 2.19. The first kappa shape index (κ1) is 11.0. The van der Waals surface area contributed by atoms with Crippen LogP contribution >= 0.6 is 11.5 Å². The summed E-state index contributed by atoms with van der Waals surface area (Å²) < 4.78 is 9.23. The maximum Gasteiger partial charge on any atom is 0.260 e. The van der Waals surface area contributed by atoms with E-state index in [1.807, 2.05) is 12.1 Å². The molecule has 1 aromatic heterocycles. The molecule has 0 unspecified atom stereocenters. The molecule has 0 fully saturated rings. The predicted octanol–water partition coefficient (Wildman–Crippen LogP) is 1.59. The van der Waals surface area contributed by atoms with E-state index in [0.29, 0.717) is 22.9 Å². The molecule has 18 heavy (non-hydrogen) atoms. The molecule has 0 saturated carbocycles. The lowest BCUT2D eigenvalue weighted by Crippen LogP contribution is -2.21. The van der Waals surface area contributed by atoms with Crippen LogP contribution < -0.4 is 15.4 Å². The molecule has 1 aliphatic heterocycles. The van der Waals surface area contributed by atoms with E-state index in [4.69, 9.17) is 4.74 Å². The summed E-state index contributed by atoms with van der Waals surface area (Å²) in [7, 11) is 0. The third-order valence-electron chi connectivity index (χ3n) is 2.52. The van der Waals surface area contributed by atoms with Crippen molar-refractivity contribution >= 4 is 28.1 Å². The lowest BCUT2D eigenvalue weighted by atomic mass is 10.1. The van der Waals surface area contributed by atoms with Crippen LogP contribution in [0.25, 0.3) is 0 Å². The minimum absolute atomic E-state index is 0.221. The number of anilines is 2. The highest BCUT2D eigenvalue weighted by atomic mass is 32.1. The number of para-hydroxylation sites is 1. The van der Waals surface area contributed by atoms with Gasteiger partial charge in [0.1, 0.15) is 11.6 Å². The maximum atomic E-state index is 12.1. The minimum Gasteiger partial charge on any atom is -0.489 e. The Morgan fingerprint density at radius 1 is 1.50 bits per heavy atom. The number of carbonyl (C=O) groups is 1. The minimum atomic E-state index is -0.221. The lowest BCUT2D eigenvalue weighted by Gasteiger charge is -2.21. The molecule has 6 nitrogen and oxygen atoms in total. The van der Waals surface area contributed by atoms with Gasteiger partial charge in [-0.05, 0) is 12.1 Å². The largest absolute Gasteiger partial charge is 0.489 e. The average Bonchev–Trinajstić information content (AvgIpc) is 2.91. The standard InChI is InChI=1S/C11H10N4O2S/c16-11(14-9-6-13-15-18-9)7-2-1-3-8-10(7)17-5-4-12-8/h1-3,6,12H,4-5H2,(H,14,16). The molecule has 3 rings (SSSR count). The third kappa shape index (κ3) is 2.00. The number of aromatic nitrogens is 2. The highest BCUT2D eigenvalue weighted by molar-refractivity contribution is 7.10. The van der Waals surface area contributed by atoms with Crippen LogP contribution in [0.5, 0.6) is 5.75 Å². The number of carbonyl (C=O) groups excluding carboxylic acids is 1. The molecule has 2 N–H and O–H groups in total. The summed E-state index contributed by atoms with van der Waals surface area (Å²) >= 11 is 1.13. The summed E-state index contributed by atoms with van der Waals surface area (Å²) in [5.74, 6) is 0.375. The Morgan fingerprint density at radius 2 is 2.44 bits per heavy atom. The van der Waals surface area contributed by atoms with Gasteiger partial charge in [0, 0.05) is 18.1 Å². The lowest BCUT2D eigenvalue weighted by molar-refractivity contribution is 0.102. The van der Waals surface area contributed by atoms with Crippen molar-refractivity contribution in [2.45, 2.75) is 0 Å². The van der Waals surface area contributed by atoms with Crippen molar-refractivity contribution in [3.63, 3.8) is 0 Å². The van der Waals surface area contributed by atoms with Crippen LogP contribution in [0.1, 0.15) is 10.4 Å². The Balaban J connectivity index is 1.89. The number of nitrogens with one attached hydrogen (secondary N) is 2. The van der Waals surface area contributed by atoms with Gasteiger partial charge in [-0.15, -0.1) is 5.10 Å². The van der Waals surface area contributed by atoms with Crippen molar-refractivity contribution in [2.75, 3.05) is 23.8 Å². The fourth-order valence-electron chi connectivity index (χ4n) is 1.75. The number of hydrogen-bond acceptors (Lipinski definition) is 6. The van der Waals surface area contributed by atoms with Gasteiger partial charge in [-0.25, -0.2) is 0 Å².